The number of hydrogen-bond donors (Lipinski definition) is 1. The van der Waals surface area contributed by atoms with Gasteiger partial charge in [-0.3, -0.25) is 4.79 Å². The highest BCUT2D eigenvalue weighted by Crippen LogP contribution is 2.34. The van der Waals surface area contributed by atoms with Crippen LogP contribution in [-0.2, 0) is 9.53 Å². The van der Waals surface area contributed by atoms with E-state index in [4.69, 9.17) is 14.2 Å². The first kappa shape index (κ1) is 17.3. The molecule has 0 bridgehead atoms. The minimum Gasteiger partial charge on any atom is -0.485 e. The van der Waals surface area contributed by atoms with Gasteiger partial charge in [0.15, 0.2) is 11.5 Å². The van der Waals surface area contributed by atoms with Crippen LogP contribution in [0, 0.1) is 13.8 Å². The van der Waals surface area contributed by atoms with E-state index >= 15 is 0 Å². The van der Waals surface area contributed by atoms with Crippen molar-refractivity contribution in [2.75, 3.05) is 18.5 Å². The van der Waals surface area contributed by atoms with Gasteiger partial charge in [0.25, 0.3) is 5.91 Å². The van der Waals surface area contributed by atoms with Crippen LogP contribution >= 0.6 is 11.3 Å². The average molecular weight is 361 g/mol. The van der Waals surface area contributed by atoms with Crippen molar-refractivity contribution in [1.29, 1.82) is 0 Å². The highest BCUT2D eigenvalue weighted by Gasteiger charge is 2.30. The van der Waals surface area contributed by atoms with Crippen LogP contribution in [-0.4, -0.2) is 31.2 Å². The van der Waals surface area contributed by atoms with Crippen molar-refractivity contribution in [2.24, 2.45) is 0 Å². The number of aryl methyl sites for hydroxylation is 1. The fourth-order valence-electron chi connectivity index (χ4n) is 2.51. The van der Waals surface area contributed by atoms with Crippen molar-refractivity contribution < 1.29 is 23.8 Å². The van der Waals surface area contributed by atoms with Gasteiger partial charge in [-0.2, -0.15) is 0 Å². The van der Waals surface area contributed by atoms with Crippen LogP contribution in [0.25, 0.3) is 0 Å². The minimum absolute atomic E-state index is 0.112. The topological polar surface area (TPSA) is 73.9 Å². The molecule has 2 heterocycles. The van der Waals surface area contributed by atoms with Crippen LogP contribution in [0.3, 0.4) is 0 Å². The number of carbonyl (C=O) groups is 2. The number of esters is 1. The highest BCUT2D eigenvalue weighted by atomic mass is 32.1. The molecule has 0 saturated heterocycles. The molecule has 2 aromatic rings. The van der Waals surface area contributed by atoms with Crippen LogP contribution in [0.2, 0.25) is 0 Å². The number of ether oxygens (including phenoxy) is 3. The Balaban J connectivity index is 1.78. The number of carbonyl (C=O) groups excluding carboxylic acids is 2. The lowest BCUT2D eigenvalue weighted by Gasteiger charge is -2.25. The fourth-order valence-corrected chi connectivity index (χ4v) is 3.56. The van der Waals surface area contributed by atoms with E-state index in [9.17, 15) is 9.59 Å². The number of amides is 1. The van der Waals surface area contributed by atoms with Gasteiger partial charge in [-0.15, -0.1) is 11.3 Å². The lowest BCUT2D eigenvalue weighted by molar-refractivity contribution is -0.125. The predicted octanol–water partition coefficient (Wildman–Crippen LogP) is 3.32. The number of para-hydroxylation sites is 2. The molecule has 1 aromatic heterocycles. The van der Waals surface area contributed by atoms with Crippen molar-refractivity contribution in [3.8, 4) is 11.5 Å². The van der Waals surface area contributed by atoms with Gasteiger partial charge in [-0.25, -0.2) is 4.79 Å². The zero-order chi connectivity index (χ0) is 18.0. The van der Waals surface area contributed by atoms with Crippen molar-refractivity contribution >= 4 is 28.2 Å². The van der Waals surface area contributed by atoms with E-state index in [0.717, 1.165) is 10.4 Å². The van der Waals surface area contributed by atoms with Gasteiger partial charge in [0.05, 0.1) is 12.2 Å². The second kappa shape index (κ2) is 7.14. The second-order valence-electron chi connectivity index (χ2n) is 5.56. The summed E-state index contributed by atoms with van der Waals surface area (Å²) in [7, 11) is 0. The van der Waals surface area contributed by atoms with Gasteiger partial charge in [0.2, 0.25) is 6.10 Å². The maximum absolute atomic E-state index is 12.6. The Labute approximate surface area is 149 Å². The Morgan fingerprint density at radius 2 is 2.00 bits per heavy atom. The third-order valence-electron chi connectivity index (χ3n) is 3.90. The molecule has 0 aliphatic carbocycles. The molecule has 1 N–H and O–H groups in total. The minimum atomic E-state index is -0.785. The molecule has 132 valence electrons. The number of hydrogen-bond acceptors (Lipinski definition) is 6. The van der Waals surface area contributed by atoms with E-state index in [0.29, 0.717) is 22.1 Å². The van der Waals surface area contributed by atoms with Crippen molar-refractivity contribution in [2.45, 2.75) is 26.9 Å². The predicted molar refractivity (Wildman–Crippen MR) is 94.7 cm³/mol. The lowest BCUT2D eigenvalue weighted by Crippen LogP contribution is -2.40. The number of thiophene rings is 1. The maximum Gasteiger partial charge on any atom is 0.341 e. The Kier molecular flexibility index (Phi) is 4.94. The molecule has 25 heavy (non-hydrogen) atoms. The van der Waals surface area contributed by atoms with Crippen LogP contribution < -0.4 is 14.8 Å². The van der Waals surface area contributed by atoms with Crippen molar-refractivity contribution in [1.82, 2.24) is 0 Å². The van der Waals surface area contributed by atoms with Gasteiger partial charge in [0, 0.05) is 4.88 Å². The first-order valence-electron chi connectivity index (χ1n) is 7.97. The molecule has 0 saturated carbocycles. The molecule has 3 rings (SSSR count). The largest absolute Gasteiger partial charge is 0.485 e. The summed E-state index contributed by atoms with van der Waals surface area (Å²) in [4.78, 5) is 25.7. The third-order valence-corrected chi connectivity index (χ3v) is 5.03. The van der Waals surface area contributed by atoms with Gasteiger partial charge >= 0.3 is 5.97 Å². The molecule has 0 radical (unpaired) electrons. The van der Waals surface area contributed by atoms with Gasteiger partial charge in [-0.05, 0) is 38.5 Å². The Bertz CT molecular complexity index is 814. The molecule has 1 aliphatic rings. The fraction of sp³-hybridized carbons (Fsp3) is 0.333. The van der Waals surface area contributed by atoms with Crippen LogP contribution in [0.1, 0.15) is 27.7 Å². The van der Waals surface area contributed by atoms with Gasteiger partial charge in [0.1, 0.15) is 11.6 Å². The summed E-state index contributed by atoms with van der Waals surface area (Å²) in [5, 5.41) is 3.26. The normalized spacial score (nSPS) is 15.6. The zero-order valence-corrected chi connectivity index (χ0v) is 15.1. The number of rotatable bonds is 4. The summed E-state index contributed by atoms with van der Waals surface area (Å²) in [6.45, 7) is 5.87. The monoisotopic (exact) mass is 361 g/mol. The first-order chi connectivity index (χ1) is 12.0. The molecule has 0 unspecified atom stereocenters. The van der Waals surface area contributed by atoms with Crippen LogP contribution in [0.4, 0.5) is 5.00 Å². The molecule has 0 spiro atoms. The zero-order valence-electron chi connectivity index (χ0n) is 14.3. The lowest BCUT2D eigenvalue weighted by atomic mass is 10.1. The highest BCUT2D eigenvalue weighted by molar-refractivity contribution is 7.16. The van der Waals surface area contributed by atoms with E-state index < -0.39 is 12.1 Å². The van der Waals surface area contributed by atoms with E-state index in [1.807, 2.05) is 26.0 Å². The van der Waals surface area contributed by atoms with E-state index in [-0.39, 0.29) is 19.1 Å². The summed E-state index contributed by atoms with van der Waals surface area (Å²) < 4.78 is 16.4. The molecule has 0 fully saturated rings. The molecule has 1 atom stereocenters. The number of anilines is 1. The quantitative estimate of drug-likeness (QED) is 0.846. The van der Waals surface area contributed by atoms with Crippen LogP contribution in [0.5, 0.6) is 11.5 Å². The second-order valence-corrected chi connectivity index (χ2v) is 6.79. The molecule has 1 aromatic carbocycles. The summed E-state index contributed by atoms with van der Waals surface area (Å²) in [5.41, 5.74) is 1.21. The smallest absolute Gasteiger partial charge is 0.341 e. The number of fused-ring (bicyclic) bond motifs is 1. The van der Waals surface area contributed by atoms with Crippen LogP contribution in [0.15, 0.2) is 24.3 Å². The molecular formula is C18H19NO5S. The SMILES string of the molecule is CCOC(=O)c1c(NC(=O)[C@@H]2COc3ccccc3O2)sc(C)c1C. The summed E-state index contributed by atoms with van der Waals surface area (Å²) in [6, 6.07) is 7.19. The number of nitrogens with one attached hydrogen (secondary N) is 1. The summed E-state index contributed by atoms with van der Waals surface area (Å²) in [5.74, 6) is 0.340. The Hall–Kier alpha value is -2.54. The molecule has 7 heteroatoms. The Morgan fingerprint density at radius 3 is 2.72 bits per heavy atom. The van der Waals surface area contributed by atoms with E-state index in [1.165, 1.54) is 11.3 Å². The number of benzene rings is 1. The van der Waals surface area contributed by atoms with Gasteiger partial charge < -0.3 is 19.5 Å². The molecule has 1 amide bonds. The van der Waals surface area contributed by atoms with Crippen molar-refractivity contribution in [3.63, 3.8) is 0 Å². The van der Waals surface area contributed by atoms with Gasteiger partial charge in [-0.1, -0.05) is 12.1 Å². The first-order valence-corrected chi connectivity index (χ1v) is 8.79. The Morgan fingerprint density at radius 1 is 1.28 bits per heavy atom. The molecular weight excluding hydrogens is 342 g/mol. The molecule has 6 nitrogen and oxygen atoms in total. The summed E-state index contributed by atoms with van der Waals surface area (Å²) in [6.07, 6.45) is -0.785. The van der Waals surface area contributed by atoms with E-state index in [1.54, 1.807) is 19.1 Å². The molecule has 1 aliphatic heterocycles. The average Bonchev–Trinajstić information content (AvgIpc) is 2.88. The summed E-state index contributed by atoms with van der Waals surface area (Å²) >= 11 is 1.34. The van der Waals surface area contributed by atoms with Crippen molar-refractivity contribution in [3.05, 3.63) is 40.3 Å². The maximum atomic E-state index is 12.6. The third kappa shape index (κ3) is 3.46. The van der Waals surface area contributed by atoms with E-state index in [2.05, 4.69) is 5.32 Å². The standard InChI is InChI=1S/C18H19NO5S/c1-4-22-18(21)15-10(2)11(3)25-17(15)19-16(20)14-9-23-12-7-5-6-8-13(12)24-14/h5-8,14H,4,9H2,1-3H3,(H,19,20)/t14-/m0/s1.